The van der Waals surface area contributed by atoms with Gasteiger partial charge in [0.1, 0.15) is 6.10 Å². The van der Waals surface area contributed by atoms with Crippen LogP contribution < -0.4 is 5.32 Å². The summed E-state index contributed by atoms with van der Waals surface area (Å²) in [5.74, 6) is -0.0208. The normalized spacial score (nSPS) is 37.2. The van der Waals surface area contributed by atoms with Gasteiger partial charge < -0.3 is 25.4 Å². The number of nitrogens with one attached hydrogen (secondary N) is 1. The topological polar surface area (TPSA) is 133 Å². The van der Waals surface area contributed by atoms with Crippen LogP contribution in [0.1, 0.15) is 99.8 Å². The predicted octanol–water partition coefficient (Wildman–Crippen LogP) is 4.62. The molecule has 0 aromatic carbocycles. The second-order valence-corrected chi connectivity index (χ2v) is 14.0. The van der Waals surface area contributed by atoms with Crippen molar-refractivity contribution in [1.29, 1.82) is 0 Å². The van der Waals surface area contributed by atoms with E-state index in [-0.39, 0.29) is 47.3 Å². The number of ether oxygens (including phenoxy) is 1. The zero-order valence-corrected chi connectivity index (χ0v) is 23.6. The molecule has 4 aliphatic rings. The summed E-state index contributed by atoms with van der Waals surface area (Å²) < 4.78 is 5.99. The number of carboxylic acid groups (broad SMARTS) is 1. The van der Waals surface area contributed by atoms with E-state index < -0.39 is 22.5 Å². The highest BCUT2D eigenvalue weighted by molar-refractivity contribution is 5.91. The van der Waals surface area contributed by atoms with E-state index in [4.69, 9.17) is 9.84 Å². The maximum Gasteiger partial charge on any atom is 0.405 e. The highest BCUT2D eigenvalue weighted by atomic mass is 16.5. The van der Waals surface area contributed by atoms with Gasteiger partial charge in [-0.2, -0.15) is 0 Å². The lowest BCUT2D eigenvalue weighted by Crippen LogP contribution is -2.64. The summed E-state index contributed by atoms with van der Waals surface area (Å²) in [4.78, 5) is 34.5. The van der Waals surface area contributed by atoms with Gasteiger partial charge in [-0.3, -0.25) is 9.59 Å². The number of fused-ring (bicyclic) bond motifs is 5. The van der Waals surface area contributed by atoms with Crippen LogP contribution in [0.3, 0.4) is 0 Å². The molecular weight excluding hydrogens is 474 g/mol. The number of carbonyl (C=O) groups excluding carboxylic acids is 2. The summed E-state index contributed by atoms with van der Waals surface area (Å²) in [7, 11) is 0. The zero-order valence-electron chi connectivity index (χ0n) is 23.6. The average Bonchev–Trinajstić information content (AvgIpc) is 3.09. The van der Waals surface area contributed by atoms with Crippen LogP contribution in [0.25, 0.3) is 0 Å². The molecule has 1 amide bonds. The summed E-state index contributed by atoms with van der Waals surface area (Å²) in [6.07, 6.45) is 6.26. The van der Waals surface area contributed by atoms with Crippen molar-refractivity contribution in [2.24, 2.45) is 28.1 Å². The molecule has 0 aromatic rings. The SMILES string of the molecule is CC(C)(C)C(=O)O[C@H]1CC[C@@H]2[C@]1(C)CC[C@@H]1[C@@]3(CO)CCC(=O)C=C3CC[C@@]12O.CC(C)(C)NC(=O)O. The molecule has 4 aliphatic carbocycles. The third-order valence-electron chi connectivity index (χ3n) is 9.31. The van der Waals surface area contributed by atoms with Crippen LogP contribution >= 0.6 is 0 Å². The Hall–Kier alpha value is -1.93. The lowest BCUT2D eigenvalue weighted by atomic mass is 9.45. The smallest absolute Gasteiger partial charge is 0.405 e. The third-order valence-corrected chi connectivity index (χ3v) is 9.31. The van der Waals surface area contributed by atoms with Crippen molar-refractivity contribution in [3.05, 3.63) is 11.6 Å². The van der Waals surface area contributed by atoms with E-state index in [0.717, 1.165) is 31.3 Å². The molecule has 0 spiro atoms. The van der Waals surface area contributed by atoms with Gasteiger partial charge in [-0.1, -0.05) is 12.5 Å². The van der Waals surface area contributed by atoms with Gasteiger partial charge in [-0.15, -0.1) is 0 Å². The Bertz CT molecular complexity index is 945. The number of aliphatic hydroxyl groups is 2. The fourth-order valence-corrected chi connectivity index (χ4v) is 7.49. The number of hydrogen-bond acceptors (Lipinski definition) is 6. The molecule has 37 heavy (non-hydrogen) atoms. The second-order valence-electron chi connectivity index (χ2n) is 14.0. The Morgan fingerprint density at radius 1 is 1.03 bits per heavy atom. The highest BCUT2D eigenvalue weighted by Gasteiger charge is 2.67. The minimum Gasteiger partial charge on any atom is -0.465 e. The molecule has 8 nitrogen and oxygen atoms in total. The van der Waals surface area contributed by atoms with Crippen LogP contribution in [0.5, 0.6) is 0 Å². The van der Waals surface area contributed by atoms with Gasteiger partial charge in [0.2, 0.25) is 0 Å². The quantitative estimate of drug-likeness (QED) is 0.390. The lowest BCUT2D eigenvalue weighted by molar-refractivity contribution is -0.209. The summed E-state index contributed by atoms with van der Waals surface area (Å²) >= 11 is 0. The predicted molar refractivity (Wildman–Crippen MR) is 140 cm³/mol. The first-order valence-electron chi connectivity index (χ1n) is 13.7. The number of rotatable bonds is 2. The first kappa shape index (κ1) is 29.6. The van der Waals surface area contributed by atoms with Crippen molar-refractivity contribution >= 4 is 17.8 Å². The van der Waals surface area contributed by atoms with E-state index in [1.54, 1.807) is 26.8 Å². The van der Waals surface area contributed by atoms with Gasteiger partial charge in [0.15, 0.2) is 5.78 Å². The second kappa shape index (κ2) is 9.99. The monoisotopic (exact) mass is 521 g/mol. The fraction of sp³-hybridized carbons (Fsp3) is 0.828. The Kier molecular flexibility index (Phi) is 8.00. The number of amides is 1. The molecule has 3 saturated carbocycles. The summed E-state index contributed by atoms with van der Waals surface area (Å²) in [6.45, 7) is 13.2. The van der Waals surface area contributed by atoms with E-state index in [0.29, 0.717) is 25.7 Å². The van der Waals surface area contributed by atoms with Crippen LogP contribution in [0.2, 0.25) is 0 Å². The Morgan fingerprint density at radius 2 is 1.68 bits per heavy atom. The van der Waals surface area contributed by atoms with Gasteiger partial charge in [-0.25, -0.2) is 4.79 Å². The number of aliphatic hydroxyl groups excluding tert-OH is 1. The van der Waals surface area contributed by atoms with Crippen LogP contribution in [-0.4, -0.2) is 57.0 Å². The van der Waals surface area contributed by atoms with Gasteiger partial charge in [0.25, 0.3) is 0 Å². The molecular formula is C29H47NO7. The first-order valence-corrected chi connectivity index (χ1v) is 13.7. The Labute approximate surface area is 221 Å². The minimum atomic E-state index is -0.975. The maximum atomic E-state index is 12.6. The van der Waals surface area contributed by atoms with E-state index in [1.807, 2.05) is 20.8 Å². The number of hydrogen-bond donors (Lipinski definition) is 4. The van der Waals surface area contributed by atoms with Crippen LogP contribution in [-0.2, 0) is 14.3 Å². The van der Waals surface area contributed by atoms with Crippen LogP contribution in [0.15, 0.2) is 11.6 Å². The third kappa shape index (κ3) is 5.60. The molecule has 0 unspecified atom stereocenters. The molecule has 210 valence electrons. The average molecular weight is 522 g/mol. The molecule has 0 aliphatic heterocycles. The molecule has 0 radical (unpaired) electrons. The van der Waals surface area contributed by atoms with Crippen molar-refractivity contribution < 1.29 is 34.4 Å². The van der Waals surface area contributed by atoms with Crippen molar-refractivity contribution in [2.75, 3.05) is 6.61 Å². The van der Waals surface area contributed by atoms with Gasteiger partial charge in [0.05, 0.1) is 17.6 Å². The zero-order chi connectivity index (χ0) is 28.0. The van der Waals surface area contributed by atoms with Crippen molar-refractivity contribution in [2.45, 2.75) is 117 Å². The summed E-state index contributed by atoms with van der Waals surface area (Å²) in [5.41, 5.74) is -1.41. The largest absolute Gasteiger partial charge is 0.465 e. The molecule has 8 heteroatoms. The lowest BCUT2D eigenvalue weighted by Gasteiger charge is -2.62. The number of ketones is 1. The standard InChI is InChI=1S/C24H36O5.C5H11NO2/c1-21(2,3)20(27)29-19-6-5-17-22(19,4)10-9-18-23(14-25)11-8-16(26)13-15(23)7-12-24(17,18)28;1-5(2,3)6-4(7)8/h13,17-19,25,28H,5-12,14H2,1-4H3;6H,1-3H3,(H,7,8)/t17-,18-,19+,22+,23-,24+;/m1./s1. The van der Waals surface area contributed by atoms with Gasteiger partial charge in [-0.05, 0) is 104 Å². The molecule has 0 aromatic heterocycles. The number of esters is 1. The van der Waals surface area contributed by atoms with E-state index >= 15 is 0 Å². The van der Waals surface area contributed by atoms with E-state index in [2.05, 4.69) is 12.2 Å². The summed E-state index contributed by atoms with van der Waals surface area (Å²) in [6, 6.07) is 0. The summed E-state index contributed by atoms with van der Waals surface area (Å²) in [5, 5.41) is 33.0. The highest BCUT2D eigenvalue weighted by Crippen LogP contribution is 2.67. The molecule has 3 fully saturated rings. The molecule has 4 rings (SSSR count). The Morgan fingerprint density at radius 3 is 2.19 bits per heavy atom. The first-order chi connectivity index (χ1) is 16.9. The van der Waals surface area contributed by atoms with Crippen LogP contribution in [0, 0.1) is 28.1 Å². The molecule has 0 heterocycles. The van der Waals surface area contributed by atoms with Gasteiger partial charge >= 0.3 is 12.1 Å². The van der Waals surface area contributed by atoms with E-state index in [1.165, 1.54) is 0 Å². The van der Waals surface area contributed by atoms with Crippen molar-refractivity contribution in [3.8, 4) is 0 Å². The van der Waals surface area contributed by atoms with Crippen LogP contribution in [0.4, 0.5) is 4.79 Å². The molecule has 4 N–H and O–H groups in total. The molecule has 0 saturated heterocycles. The number of carbonyl (C=O) groups is 3. The van der Waals surface area contributed by atoms with Crippen molar-refractivity contribution in [3.63, 3.8) is 0 Å². The molecule has 6 atom stereocenters. The minimum absolute atomic E-state index is 0.00897. The van der Waals surface area contributed by atoms with Crippen molar-refractivity contribution in [1.82, 2.24) is 5.32 Å². The Balaban J connectivity index is 0.000000414. The molecule has 0 bridgehead atoms. The van der Waals surface area contributed by atoms with E-state index in [9.17, 15) is 24.6 Å². The fourth-order valence-electron chi connectivity index (χ4n) is 7.49. The maximum absolute atomic E-state index is 12.6. The van der Waals surface area contributed by atoms with Gasteiger partial charge in [0, 0.05) is 22.8 Å².